The summed E-state index contributed by atoms with van der Waals surface area (Å²) in [5.74, 6) is 1.70. The Hall–Kier alpha value is -3.63. The van der Waals surface area contributed by atoms with Crippen LogP contribution in [0.5, 0.6) is 5.75 Å². The first kappa shape index (κ1) is 22.2. The molecule has 2 aromatic carbocycles. The van der Waals surface area contributed by atoms with E-state index < -0.39 is 0 Å². The molecule has 1 fully saturated rings. The van der Waals surface area contributed by atoms with Gasteiger partial charge in [-0.1, -0.05) is 36.4 Å². The number of anilines is 1. The lowest BCUT2D eigenvalue weighted by atomic mass is 9.77. The summed E-state index contributed by atoms with van der Waals surface area (Å²) in [4.78, 5) is 11.7. The highest BCUT2D eigenvalue weighted by Crippen LogP contribution is 2.51. The van der Waals surface area contributed by atoms with Crippen LogP contribution in [-0.4, -0.2) is 23.3 Å². The molecular formula is C29H26ClN3O. The summed E-state index contributed by atoms with van der Waals surface area (Å²) in [5, 5.41) is 0. The smallest absolute Gasteiger partial charge is 0.127 e. The summed E-state index contributed by atoms with van der Waals surface area (Å²) in [6.07, 6.45) is 11.9. The van der Waals surface area contributed by atoms with Crippen molar-refractivity contribution in [3.05, 3.63) is 114 Å². The Balaban J connectivity index is 0.00000241. The minimum absolute atomic E-state index is 0. The van der Waals surface area contributed by atoms with Crippen LogP contribution < -0.4 is 9.64 Å². The molecule has 4 nitrogen and oxygen atoms in total. The van der Waals surface area contributed by atoms with Crippen molar-refractivity contribution in [2.24, 2.45) is 4.99 Å². The van der Waals surface area contributed by atoms with Crippen LogP contribution in [0.3, 0.4) is 0 Å². The molecule has 0 radical (unpaired) electrons. The second-order valence-corrected chi connectivity index (χ2v) is 8.73. The number of rotatable bonds is 4. The van der Waals surface area contributed by atoms with Gasteiger partial charge in [0.05, 0.1) is 5.70 Å². The second kappa shape index (κ2) is 8.96. The molecule has 1 aromatic heterocycles. The van der Waals surface area contributed by atoms with Crippen molar-refractivity contribution >= 4 is 24.3 Å². The van der Waals surface area contributed by atoms with Gasteiger partial charge in [0.25, 0.3) is 0 Å². The van der Waals surface area contributed by atoms with Gasteiger partial charge in [-0.2, -0.15) is 0 Å². The lowest BCUT2D eigenvalue weighted by molar-refractivity contribution is 0.425. The average molecular weight is 468 g/mol. The van der Waals surface area contributed by atoms with Crippen LogP contribution in [-0.2, 0) is 0 Å². The molecule has 1 atom stereocenters. The van der Waals surface area contributed by atoms with Crippen molar-refractivity contribution < 1.29 is 4.74 Å². The summed E-state index contributed by atoms with van der Waals surface area (Å²) in [6, 6.07) is 22.8. The molecule has 1 aliphatic carbocycles. The minimum atomic E-state index is -0.238. The number of aliphatic imine (C=N–C) groups is 1. The largest absolute Gasteiger partial charge is 0.458 e. The van der Waals surface area contributed by atoms with Gasteiger partial charge in [0.1, 0.15) is 17.0 Å². The quantitative estimate of drug-likeness (QED) is 0.425. The highest BCUT2D eigenvalue weighted by molar-refractivity contribution is 5.86. The maximum Gasteiger partial charge on any atom is 0.127 e. The number of allylic oxidation sites excluding steroid dienone is 2. The first-order valence-electron chi connectivity index (χ1n) is 11.4. The molecule has 0 amide bonds. The first-order chi connectivity index (χ1) is 16.2. The molecule has 0 saturated carbocycles. The molecule has 3 aromatic rings. The van der Waals surface area contributed by atoms with Crippen molar-refractivity contribution in [3.63, 3.8) is 0 Å². The molecule has 1 spiro atoms. The van der Waals surface area contributed by atoms with E-state index >= 15 is 0 Å². The molecular weight excluding hydrogens is 442 g/mol. The number of nitrogens with zero attached hydrogens (tertiary/aromatic N) is 3. The highest BCUT2D eigenvalue weighted by atomic mass is 35.5. The monoisotopic (exact) mass is 467 g/mol. The Bertz CT molecular complexity index is 1310. The number of benzene rings is 2. The summed E-state index contributed by atoms with van der Waals surface area (Å²) in [5.41, 5.74) is 7.09. The van der Waals surface area contributed by atoms with Crippen molar-refractivity contribution in [1.29, 1.82) is 0 Å². The third-order valence-electron chi connectivity index (χ3n) is 6.87. The molecule has 1 unspecified atom stereocenters. The van der Waals surface area contributed by atoms with Crippen LogP contribution in [0.25, 0.3) is 11.1 Å². The van der Waals surface area contributed by atoms with E-state index in [1.165, 1.54) is 22.4 Å². The molecule has 1 saturated heterocycles. The summed E-state index contributed by atoms with van der Waals surface area (Å²) < 4.78 is 6.15. The fourth-order valence-electron chi connectivity index (χ4n) is 5.30. The molecule has 3 heterocycles. The first-order valence-corrected chi connectivity index (χ1v) is 11.4. The van der Waals surface area contributed by atoms with E-state index in [1.807, 2.05) is 48.8 Å². The zero-order chi connectivity index (χ0) is 22.3. The minimum Gasteiger partial charge on any atom is -0.458 e. The molecule has 0 N–H and O–H groups in total. The summed E-state index contributed by atoms with van der Waals surface area (Å²) in [7, 11) is 0. The number of pyridine rings is 1. The molecule has 2 aliphatic heterocycles. The molecule has 170 valence electrons. The number of aromatic nitrogens is 1. The van der Waals surface area contributed by atoms with Crippen LogP contribution in [0, 0.1) is 0 Å². The Kier molecular flexibility index (Phi) is 5.84. The third-order valence-corrected chi connectivity index (χ3v) is 6.87. The van der Waals surface area contributed by atoms with E-state index in [1.54, 1.807) is 6.20 Å². The predicted molar refractivity (Wildman–Crippen MR) is 141 cm³/mol. The lowest BCUT2D eigenvalue weighted by Crippen LogP contribution is -2.48. The van der Waals surface area contributed by atoms with Gasteiger partial charge in [-0.25, -0.2) is 0 Å². The standard InChI is InChI=1S/C29H25N3O.ClH/c1-21-19-31-28-18-26(33-25-7-3-2-4-8-25)13-15-29(28)27(21)14-17-32(29)24-11-9-22(10-12-24)23-6-5-16-30-20-23;/h2-13,16,18-20H,14-15,17H2,1H3;1H. The van der Waals surface area contributed by atoms with Crippen molar-refractivity contribution in [2.75, 3.05) is 11.4 Å². The van der Waals surface area contributed by atoms with Gasteiger partial charge in [-0.05, 0) is 72.0 Å². The van der Waals surface area contributed by atoms with Crippen LogP contribution >= 0.6 is 12.4 Å². The number of hydrogen-bond donors (Lipinski definition) is 0. The topological polar surface area (TPSA) is 37.7 Å². The molecule has 34 heavy (non-hydrogen) atoms. The highest BCUT2D eigenvalue weighted by Gasteiger charge is 2.50. The van der Waals surface area contributed by atoms with Crippen LogP contribution in [0.1, 0.15) is 19.8 Å². The average Bonchev–Trinajstić information content (AvgIpc) is 3.26. The van der Waals surface area contributed by atoms with Gasteiger partial charge in [-0.3, -0.25) is 9.98 Å². The van der Waals surface area contributed by atoms with Crippen LogP contribution in [0.4, 0.5) is 5.69 Å². The van der Waals surface area contributed by atoms with Gasteiger partial charge < -0.3 is 9.64 Å². The Morgan fingerprint density at radius 2 is 1.76 bits per heavy atom. The van der Waals surface area contributed by atoms with E-state index in [2.05, 4.69) is 59.3 Å². The number of ether oxygens (including phenoxy) is 1. The van der Waals surface area contributed by atoms with Crippen molar-refractivity contribution in [2.45, 2.75) is 25.3 Å². The second-order valence-electron chi connectivity index (χ2n) is 8.73. The fourth-order valence-corrected chi connectivity index (χ4v) is 5.30. The Labute approximate surface area is 206 Å². The Morgan fingerprint density at radius 1 is 0.941 bits per heavy atom. The van der Waals surface area contributed by atoms with Gasteiger partial charge in [0.15, 0.2) is 0 Å². The Morgan fingerprint density at radius 3 is 2.53 bits per heavy atom. The fraction of sp³-hybridized carbons (Fsp3) is 0.172. The zero-order valence-corrected chi connectivity index (χ0v) is 19.8. The van der Waals surface area contributed by atoms with E-state index in [0.29, 0.717) is 0 Å². The normalized spacial score (nSPS) is 20.7. The van der Waals surface area contributed by atoms with Crippen molar-refractivity contribution in [1.82, 2.24) is 4.98 Å². The van der Waals surface area contributed by atoms with Gasteiger partial charge in [-0.15, -0.1) is 12.4 Å². The molecule has 6 rings (SSSR count). The number of halogens is 1. The summed E-state index contributed by atoms with van der Waals surface area (Å²) >= 11 is 0. The molecule has 3 aliphatic rings. The number of hydrogen-bond acceptors (Lipinski definition) is 4. The molecule has 5 heteroatoms. The predicted octanol–water partition coefficient (Wildman–Crippen LogP) is 6.77. The zero-order valence-electron chi connectivity index (χ0n) is 19.0. The van der Waals surface area contributed by atoms with E-state index in [4.69, 9.17) is 9.73 Å². The van der Waals surface area contributed by atoms with Crippen molar-refractivity contribution in [3.8, 4) is 16.9 Å². The summed E-state index contributed by atoms with van der Waals surface area (Å²) in [6.45, 7) is 3.16. The van der Waals surface area contributed by atoms with Gasteiger partial charge >= 0.3 is 0 Å². The number of para-hydroxylation sites is 1. The maximum absolute atomic E-state index is 6.15. The van der Waals surface area contributed by atoms with E-state index in [-0.39, 0.29) is 17.9 Å². The van der Waals surface area contributed by atoms with E-state index in [0.717, 1.165) is 42.2 Å². The lowest BCUT2D eigenvalue weighted by Gasteiger charge is -2.44. The SMILES string of the molecule is CC1=C2CCN(c3ccc(-c4cccnc4)cc3)C23CC=C(Oc2ccccc2)C=C3N=C1.Cl. The van der Waals surface area contributed by atoms with E-state index in [9.17, 15) is 0 Å². The van der Waals surface area contributed by atoms with Crippen LogP contribution in [0.15, 0.2) is 119 Å². The maximum atomic E-state index is 6.15. The number of dihydropyridines is 1. The van der Waals surface area contributed by atoms with Gasteiger partial charge in [0, 0.05) is 43.3 Å². The van der Waals surface area contributed by atoms with Gasteiger partial charge in [0.2, 0.25) is 0 Å². The van der Waals surface area contributed by atoms with Crippen LogP contribution in [0.2, 0.25) is 0 Å². The third kappa shape index (κ3) is 3.64. The molecule has 0 bridgehead atoms.